The summed E-state index contributed by atoms with van der Waals surface area (Å²) in [7, 11) is 2.10. The minimum Gasteiger partial charge on any atom is -0.376 e. The van der Waals surface area contributed by atoms with Gasteiger partial charge in [-0.1, -0.05) is 32.0 Å². The highest BCUT2D eigenvalue weighted by Gasteiger charge is 2.51. The lowest BCUT2D eigenvalue weighted by Gasteiger charge is -2.31. The lowest BCUT2D eigenvalue weighted by Crippen LogP contribution is -2.37. The van der Waals surface area contributed by atoms with Gasteiger partial charge in [0.2, 0.25) is 5.91 Å². The Balaban J connectivity index is 1.19. The highest BCUT2D eigenvalue weighted by Crippen LogP contribution is 2.55. The summed E-state index contributed by atoms with van der Waals surface area (Å²) >= 11 is 0. The third kappa shape index (κ3) is 7.85. The number of fused-ring (bicyclic) bond motifs is 1. The number of nitrogens with one attached hydrogen (secondary N) is 2. The van der Waals surface area contributed by atoms with Crippen LogP contribution in [0.5, 0.6) is 0 Å². The molecule has 4 aromatic rings. The molecule has 6 rings (SSSR count). The zero-order valence-electron chi connectivity index (χ0n) is 30.9. The first-order chi connectivity index (χ1) is 25.9. The van der Waals surface area contributed by atoms with Crippen LogP contribution in [0.15, 0.2) is 60.0 Å². The van der Waals surface area contributed by atoms with Crippen LogP contribution in [0.1, 0.15) is 50.0 Å². The van der Waals surface area contributed by atoms with E-state index in [9.17, 15) is 18.9 Å². The van der Waals surface area contributed by atoms with Gasteiger partial charge in [-0.05, 0) is 38.7 Å². The minimum atomic E-state index is -4.04. The Hall–Kier alpha value is -4.46. The van der Waals surface area contributed by atoms with Gasteiger partial charge in [0, 0.05) is 38.8 Å². The Labute approximate surface area is 310 Å². The molecule has 2 aliphatic rings. The van der Waals surface area contributed by atoms with Crippen LogP contribution in [-0.2, 0) is 37.4 Å². The molecule has 1 aromatic carbocycles. The smallest absolute Gasteiger partial charge is 0.376 e. The Kier molecular flexibility index (Phi) is 12.0. The van der Waals surface area contributed by atoms with Crippen LogP contribution in [-0.4, -0.2) is 111 Å². The molecule has 290 valence electrons. The number of methoxy groups -OCH3 is 2. The summed E-state index contributed by atoms with van der Waals surface area (Å²) in [6.45, 7) is 4.91. The predicted octanol–water partition coefficient (Wildman–Crippen LogP) is 3.24. The minimum absolute atomic E-state index is 0.108. The number of aromatic nitrogens is 6. The number of benzene rings is 1. The lowest BCUT2D eigenvalue weighted by molar-refractivity contribution is -0.114. The van der Waals surface area contributed by atoms with Crippen molar-refractivity contribution < 1.29 is 42.1 Å². The van der Waals surface area contributed by atoms with Crippen molar-refractivity contribution in [3.05, 3.63) is 71.3 Å². The van der Waals surface area contributed by atoms with Gasteiger partial charge in [-0.3, -0.25) is 27.8 Å². The van der Waals surface area contributed by atoms with Crippen molar-refractivity contribution in [1.29, 1.82) is 0 Å². The van der Waals surface area contributed by atoms with E-state index in [-0.39, 0.29) is 36.0 Å². The van der Waals surface area contributed by atoms with Gasteiger partial charge in [-0.25, -0.2) is 29.0 Å². The molecule has 0 aliphatic carbocycles. The van der Waals surface area contributed by atoms with Crippen molar-refractivity contribution in [2.75, 3.05) is 45.6 Å². The van der Waals surface area contributed by atoms with E-state index in [2.05, 4.69) is 30.6 Å². The van der Waals surface area contributed by atoms with E-state index < -0.39 is 56.4 Å². The Morgan fingerprint density at radius 1 is 0.944 bits per heavy atom. The third-order valence-electron chi connectivity index (χ3n) is 9.39. The maximum Gasteiger partial charge on any atom is 0.408 e. The van der Waals surface area contributed by atoms with Gasteiger partial charge in [0.1, 0.15) is 30.5 Å². The van der Waals surface area contributed by atoms with Crippen LogP contribution < -0.4 is 16.3 Å². The first kappa shape index (κ1) is 39.2. The SMILES string of the molecule is CC[C@H]1O[C@@H](n2cnc3c(NC(=O)c4ccccc4)ncnc32)[C@@H](OC)C1OP(=O)(OC[C@H]1O[C@@H](n2ccc(NC(C)=O)nc2=O)[C@@H](OC)C1C)N(C)C. The molecule has 2 aliphatic heterocycles. The maximum absolute atomic E-state index is 14.5. The summed E-state index contributed by atoms with van der Waals surface area (Å²) in [4.78, 5) is 54.3. The molecule has 0 saturated carbocycles. The highest BCUT2D eigenvalue weighted by molar-refractivity contribution is 7.51. The number of carbonyl (C=O) groups excluding carboxylic acids is 2. The molecule has 5 heterocycles. The van der Waals surface area contributed by atoms with Gasteiger partial charge >= 0.3 is 13.4 Å². The fraction of sp³-hybridized carbons (Fsp3) is 0.500. The van der Waals surface area contributed by atoms with E-state index in [0.29, 0.717) is 23.1 Å². The van der Waals surface area contributed by atoms with Crippen molar-refractivity contribution in [3.63, 3.8) is 0 Å². The second-order valence-corrected chi connectivity index (χ2v) is 15.2. The highest BCUT2D eigenvalue weighted by atomic mass is 31.2. The van der Waals surface area contributed by atoms with Crippen LogP contribution in [0.3, 0.4) is 0 Å². The first-order valence-corrected chi connectivity index (χ1v) is 18.8. The van der Waals surface area contributed by atoms with E-state index in [0.717, 1.165) is 0 Å². The normalized spacial score (nSPS) is 26.6. The number of amides is 2. The number of nitrogens with zero attached hydrogens (tertiary/aromatic N) is 7. The molecular weight excluding hydrogens is 725 g/mol. The summed E-state index contributed by atoms with van der Waals surface area (Å²) in [5.74, 6) is -0.710. The topological polar surface area (TPSA) is 212 Å². The number of imidazole rings is 1. The van der Waals surface area contributed by atoms with Gasteiger partial charge in [0.05, 0.1) is 25.1 Å². The predicted molar refractivity (Wildman–Crippen MR) is 194 cm³/mol. The third-order valence-corrected chi connectivity index (χ3v) is 11.4. The molecule has 0 radical (unpaired) electrons. The molecule has 0 bridgehead atoms. The Bertz CT molecular complexity index is 2060. The molecule has 20 heteroatoms. The van der Waals surface area contributed by atoms with Crippen molar-refractivity contribution in [2.45, 2.75) is 70.2 Å². The Morgan fingerprint density at radius 2 is 1.65 bits per heavy atom. The molecule has 2 saturated heterocycles. The Morgan fingerprint density at radius 3 is 2.30 bits per heavy atom. The van der Waals surface area contributed by atoms with Crippen molar-refractivity contribution in [2.24, 2.45) is 5.92 Å². The van der Waals surface area contributed by atoms with E-state index in [1.54, 1.807) is 42.9 Å². The molecule has 0 spiro atoms. The summed E-state index contributed by atoms with van der Waals surface area (Å²) in [6.07, 6.45) is -0.443. The molecule has 2 N–H and O–H groups in total. The summed E-state index contributed by atoms with van der Waals surface area (Å²) < 4.78 is 55.6. The fourth-order valence-corrected chi connectivity index (χ4v) is 7.93. The number of carbonyl (C=O) groups is 2. The zero-order chi connectivity index (χ0) is 38.7. The van der Waals surface area contributed by atoms with E-state index in [1.807, 2.05) is 19.9 Å². The molecule has 19 nitrogen and oxygen atoms in total. The lowest BCUT2D eigenvalue weighted by atomic mass is 10.0. The number of hydrogen-bond acceptors (Lipinski definition) is 14. The molecule has 2 fully saturated rings. The van der Waals surface area contributed by atoms with Crippen molar-refractivity contribution >= 4 is 42.4 Å². The monoisotopic (exact) mass is 769 g/mol. The van der Waals surface area contributed by atoms with Crippen LogP contribution in [0, 0.1) is 5.92 Å². The number of anilines is 2. The van der Waals surface area contributed by atoms with Crippen LogP contribution in [0.2, 0.25) is 0 Å². The number of ether oxygens (including phenoxy) is 4. The maximum atomic E-state index is 14.5. The fourth-order valence-electron chi connectivity index (χ4n) is 6.55. The van der Waals surface area contributed by atoms with E-state index in [4.69, 9.17) is 28.0 Å². The summed E-state index contributed by atoms with van der Waals surface area (Å²) in [6, 6.07) is 10.2. The number of hydrogen-bond donors (Lipinski definition) is 2. The summed E-state index contributed by atoms with van der Waals surface area (Å²) in [5.41, 5.74) is 0.508. The molecule has 3 unspecified atom stereocenters. The molecule has 2 amide bonds. The van der Waals surface area contributed by atoms with Gasteiger partial charge in [-0.15, -0.1) is 0 Å². The first-order valence-electron chi connectivity index (χ1n) is 17.3. The van der Waals surface area contributed by atoms with Crippen molar-refractivity contribution in [3.8, 4) is 0 Å². The van der Waals surface area contributed by atoms with Crippen LogP contribution in [0.4, 0.5) is 11.6 Å². The summed E-state index contributed by atoms with van der Waals surface area (Å²) in [5, 5.41) is 5.28. The average Bonchev–Trinajstić information content (AvgIpc) is 3.83. The molecule has 9 atom stereocenters. The second kappa shape index (κ2) is 16.5. The quantitative estimate of drug-likeness (QED) is 0.176. The van der Waals surface area contributed by atoms with Crippen LogP contribution >= 0.6 is 7.75 Å². The van der Waals surface area contributed by atoms with Gasteiger partial charge in [-0.2, -0.15) is 4.98 Å². The average molecular weight is 770 g/mol. The largest absolute Gasteiger partial charge is 0.408 e. The molecule has 54 heavy (non-hydrogen) atoms. The van der Waals surface area contributed by atoms with Crippen LogP contribution in [0.25, 0.3) is 11.2 Å². The molecule has 3 aromatic heterocycles. The van der Waals surface area contributed by atoms with Gasteiger partial charge in [0.15, 0.2) is 29.4 Å². The van der Waals surface area contributed by atoms with E-state index >= 15 is 0 Å². The number of rotatable bonds is 14. The van der Waals surface area contributed by atoms with Crippen molar-refractivity contribution in [1.82, 2.24) is 33.7 Å². The van der Waals surface area contributed by atoms with Gasteiger partial charge < -0.3 is 29.6 Å². The van der Waals surface area contributed by atoms with E-state index in [1.165, 1.54) is 55.3 Å². The zero-order valence-corrected chi connectivity index (χ0v) is 31.8. The molecular formula is C34H44N9O10P. The second-order valence-electron chi connectivity index (χ2n) is 13.0. The standard InChI is InChI=1S/C34H44N9O10P/c1-8-22-27(28(49-7)33(51-22)43-18-37-25-29(35-17-36-30(25)43)40-31(45)21-12-10-9-11-13-21)53-54(47,41(4)5)50-16-23-19(2)26(48-6)32(52-23)42-15-14-24(38-20(3)44)39-34(42)46/h9-15,17-19,22-23,26-28,32-33H,8,16H2,1-7H3,(H,35,36,40,45)(H,38,39,44,46)/t19?,22-,23-,26+,27?,28+,32-,33-,54?/m1/s1. The van der Waals surface area contributed by atoms with Gasteiger partial charge in [0.25, 0.3) is 5.91 Å².